The Morgan fingerprint density at radius 2 is 2.00 bits per heavy atom. The van der Waals surface area contributed by atoms with Gasteiger partial charge in [0.25, 0.3) is 0 Å². The topological polar surface area (TPSA) is 80.0 Å². The SMILES string of the molecule is CCCOc1ccc(C(c2sc3ncnn3c2O)N2CCC(=O)CC2)cc1. The van der Waals surface area contributed by atoms with Crippen LogP contribution in [-0.4, -0.2) is 50.1 Å². The van der Waals surface area contributed by atoms with Crippen LogP contribution in [0.4, 0.5) is 0 Å². The average molecular weight is 386 g/mol. The van der Waals surface area contributed by atoms with Gasteiger partial charge in [0.15, 0.2) is 0 Å². The van der Waals surface area contributed by atoms with Gasteiger partial charge in [0, 0.05) is 25.9 Å². The van der Waals surface area contributed by atoms with Gasteiger partial charge < -0.3 is 9.84 Å². The summed E-state index contributed by atoms with van der Waals surface area (Å²) in [5, 5.41) is 14.8. The number of benzene rings is 1. The maximum Gasteiger partial charge on any atom is 0.230 e. The van der Waals surface area contributed by atoms with Gasteiger partial charge in [-0.25, -0.2) is 4.98 Å². The fraction of sp³-hybridized carbons (Fsp3) is 0.421. The number of thiazole rings is 1. The first-order valence-electron chi connectivity index (χ1n) is 9.17. The molecular weight excluding hydrogens is 364 g/mol. The number of carbonyl (C=O) groups is 1. The Morgan fingerprint density at radius 3 is 2.67 bits per heavy atom. The maximum atomic E-state index is 11.7. The zero-order valence-corrected chi connectivity index (χ0v) is 16.0. The molecule has 2 aromatic heterocycles. The Morgan fingerprint density at radius 1 is 1.26 bits per heavy atom. The number of aromatic nitrogens is 3. The molecule has 4 rings (SSSR count). The van der Waals surface area contributed by atoms with Crippen LogP contribution < -0.4 is 4.74 Å². The van der Waals surface area contributed by atoms with Crippen molar-refractivity contribution in [3.63, 3.8) is 0 Å². The lowest BCUT2D eigenvalue weighted by molar-refractivity contribution is -0.121. The first-order chi connectivity index (χ1) is 13.2. The predicted molar refractivity (Wildman–Crippen MR) is 102 cm³/mol. The number of hydrogen-bond acceptors (Lipinski definition) is 7. The number of fused-ring (bicyclic) bond motifs is 1. The molecule has 1 aromatic carbocycles. The molecule has 1 fully saturated rings. The van der Waals surface area contributed by atoms with E-state index < -0.39 is 0 Å². The van der Waals surface area contributed by atoms with Gasteiger partial charge in [-0.2, -0.15) is 9.61 Å². The molecule has 27 heavy (non-hydrogen) atoms. The Hall–Kier alpha value is -2.45. The van der Waals surface area contributed by atoms with E-state index in [4.69, 9.17) is 4.74 Å². The summed E-state index contributed by atoms with van der Waals surface area (Å²) in [5.41, 5.74) is 1.05. The lowest BCUT2D eigenvalue weighted by atomic mass is 10.00. The maximum absolute atomic E-state index is 11.7. The average Bonchev–Trinajstić information content (AvgIpc) is 3.26. The van der Waals surface area contributed by atoms with Crippen LogP contribution in [-0.2, 0) is 4.79 Å². The number of ether oxygens (including phenoxy) is 1. The molecule has 0 bridgehead atoms. The molecule has 1 aliphatic rings. The van der Waals surface area contributed by atoms with Crippen molar-refractivity contribution in [1.29, 1.82) is 0 Å². The Bertz CT molecular complexity index is 924. The van der Waals surface area contributed by atoms with Crippen molar-refractivity contribution in [2.75, 3.05) is 19.7 Å². The summed E-state index contributed by atoms with van der Waals surface area (Å²) < 4.78 is 7.14. The second-order valence-electron chi connectivity index (χ2n) is 6.64. The van der Waals surface area contributed by atoms with E-state index in [0.717, 1.165) is 22.6 Å². The van der Waals surface area contributed by atoms with Gasteiger partial charge in [-0.15, -0.1) is 0 Å². The van der Waals surface area contributed by atoms with Crippen LogP contribution in [0.1, 0.15) is 42.7 Å². The molecular formula is C19H22N4O3S. The van der Waals surface area contributed by atoms with Crippen LogP contribution in [0.5, 0.6) is 11.6 Å². The summed E-state index contributed by atoms with van der Waals surface area (Å²) in [7, 11) is 0. The quantitative estimate of drug-likeness (QED) is 0.701. The molecule has 142 valence electrons. The molecule has 1 atom stereocenters. The van der Waals surface area contributed by atoms with E-state index in [9.17, 15) is 9.90 Å². The van der Waals surface area contributed by atoms with Gasteiger partial charge in [0.2, 0.25) is 10.8 Å². The van der Waals surface area contributed by atoms with E-state index in [1.807, 2.05) is 24.3 Å². The number of likely N-dealkylation sites (tertiary alicyclic amines) is 1. The van der Waals surface area contributed by atoms with Crippen molar-refractivity contribution in [3.05, 3.63) is 41.0 Å². The summed E-state index contributed by atoms with van der Waals surface area (Å²) in [4.78, 5) is 19.6. The zero-order valence-electron chi connectivity index (χ0n) is 15.2. The third-order valence-corrected chi connectivity index (χ3v) is 5.86. The molecule has 1 saturated heterocycles. The predicted octanol–water partition coefficient (Wildman–Crippen LogP) is 3.04. The number of rotatable bonds is 6. The molecule has 7 nitrogen and oxygen atoms in total. The standard InChI is InChI=1S/C19H22N4O3S/c1-2-11-26-15-5-3-13(4-6-15)16(22-9-7-14(24)8-10-22)17-18(25)23-19(27-17)20-12-21-23/h3-6,12,16,25H,2,7-11H2,1H3. The number of aromatic hydroxyl groups is 1. The molecule has 3 heterocycles. The molecule has 1 aliphatic heterocycles. The van der Waals surface area contributed by atoms with Crippen molar-refractivity contribution in [2.24, 2.45) is 0 Å². The van der Waals surface area contributed by atoms with E-state index >= 15 is 0 Å². The molecule has 0 amide bonds. The van der Waals surface area contributed by atoms with Gasteiger partial charge in [-0.1, -0.05) is 30.4 Å². The number of hydrogen-bond donors (Lipinski definition) is 1. The van der Waals surface area contributed by atoms with E-state index in [1.165, 1.54) is 22.2 Å². The molecule has 8 heteroatoms. The number of ketones is 1. The second kappa shape index (κ2) is 7.66. The highest BCUT2D eigenvalue weighted by molar-refractivity contribution is 7.17. The van der Waals surface area contributed by atoms with Crippen LogP contribution in [0.15, 0.2) is 30.6 Å². The number of Topliss-reactive ketones (excluding diaryl/α,β-unsaturated/α-hetero) is 1. The van der Waals surface area contributed by atoms with E-state index in [1.54, 1.807) is 0 Å². The van der Waals surface area contributed by atoms with E-state index in [-0.39, 0.29) is 11.9 Å². The summed E-state index contributed by atoms with van der Waals surface area (Å²) in [5.74, 6) is 1.24. The van der Waals surface area contributed by atoms with E-state index in [2.05, 4.69) is 21.9 Å². The van der Waals surface area contributed by atoms with Crippen molar-refractivity contribution in [3.8, 4) is 11.6 Å². The third-order valence-electron chi connectivity index (χ3n) is 4.78. The van der Waals surface area contributed by atoms with E-state index in [0.29, 0.717) is 43.3 Å². The molecule has 0 aliphatic carbocycles. The normalized spacial score (nSPS) is 16.7. The molecule has 0 saturated carbocycles. The largest absolute Gasteiger partial charge is 0.494 e. The Balaban J connectivity index is 1.70. The monoisotopic (exact) mass is 386 g/mol. The summed E-state index contributed by atoms with van der Waals surface area (Å²) in [6.45, 7) is 4.10. The summed E-state index contributed by atoms with van der Waals surface area (Å²) in [6, 6.07) is 7.83. The Labute approximate surface area is 161 Å². The lowest BCUT2D eigenvalue weighted by Gasteiger charge is -2.33. The minimum Gasteiger partial charge on any atom is -0.494 e. The van der Waals surface area contributed by atoms with Gasteiger partial charge in [0.1, 0.15) is 17.9 Å². The van der Waals surface area contributed by atoms with Crippen LogP contribution in [0.2, 0.25) is 0 Å². The second-order valence-corrected chi connectivity index (χ2v) is 7.65. The van der Waals surface area contributed by atoms with Gasteiger partial charge >= 0.3 is 0 Å². The van der Waals surface area contributed by atoms with Crippen molar-refractivity contribution >= 4 is 22.1 Å². The first-order valence-corrected chi connectivity index (χ1v) is 9.99. The number of carbonyl (C=O) groups excluding carboxylic acids is 1. The fourth-order valence-electron chi connectivity index (χ4n) is 3.40. The van der Waals surface area contributed by atoms with Crippen LogP contribution >= 0.6 is 11.3 Å². The smallest absolute Gasteiger partial charge is 0.230 e. The van der Waals surface area contributed by atoms with Crippen molar-refractivity contribution in [1.82, 2.24) is 19.5 Å². The highest BCUT2D eigenvalue weighted by Crippen LogP contribution is 2.40. The highest BCUT2D eigenvalue weighted by atomic mass is 32.1. The molecule has 1 N–H and O–H groups in total. The van der Waals surface area contributed by atoms with Crippen molar-refractivity contribution < 1.29 is 14.6 Å². The first kappa shape index (κ1) is 17.9. The van der Waals surface area contributed by atoms with Crippen LogP contribution in [0.3, 0.4) is 0 Å². The van der Waals surface area contributed by atoms with Crippen LogP contribution in [0, 0.1) is 0 Å². The number of nitrogens with zero attached hydrogens (tertiary/aromatic N) is 4. The fourth-order valence-corrected chi connectivity index (χ4v) is 4.49. The number of piperidine rings is 1. The highest BCUT2D eigenvalue weighted by Gasteiger charge is 2.31. The summed E-state index contributed by atoms with van der Waals surface area (Å²) in [6.07, 6.45) is 3.47. The Kier molecular flexibility index (Phi) is 5.09. The summed E-state index contributed by atoms with van der Waals surface area (Å²) >= 11 is 1.43. The lowest BCUT2D eigenvalue weighted by Crippen LogP contribution is -2.37. The minimum atomic E-state index is -0.146. The molecule has 3 aromatic rings. The molecule has 0 spiro atoms. The minimum absolute atomic E-state index is 0.112. The zero-order chi connectivity index (χ0) is 18.8. The van der Waals surface area contributed by atoms with Crippen molar-refractivity contribution in [2.45, 2.75) is 32.2 Å². The van der Waals surface area contributed by atoms with Gasteiger partial charge in [0.05, 0.1) is 17.5 Å². The molecule has 1 unspecified atom stereocenters. The van der Waals surface area contributed by atoms with Gasteiger partial charge in [-0.05, 0) is 24.1 Å². The third kappa shape index (κ3) is 3.54. The van der Waals surface area contributed by atoms with Gasteiger partial charge in [-0.3, -0.25) is 9.69 Å². The molecule has 0 radical (unpaired) electrons. The van der Waals surface area contributed by atoms with Crippen LogP contribution in [0.25, 0.3) is 4.96 Å².